The molecule has 348 valence electrons. The van der Waals surface area contributed by atoms with Crippen molar-refractivity contribution in [3.63, 3.8) is 0 Å². The van der Waals surface area contributed by atoms with E-state index in [2.05, 4.69) is 53.9 Å². The van der Waals surface area contributed by atoms with Crippen molar-refractivity contribution in [3.05, 3.63) is 88.1 Å². The molecule has 2 saturated heterocycles. The van der Waals surface area contributed by atoms with Crippen LogP contribution in [0.5, 0.6) is 0 Å². The number of carbonyl (C=O) groups is 3. The number of benzene rings is 2. The molecule has 14 nitrogen and oxygen atoms in total. The van der Waals surface area contributed by atoms with Gasteiger partial charge in [0.15, 0.2) is 5.82 Å². The molecule has 0 spiro atoms. The highest BCUT2D eigenvalue weighted by atomic mass is 32.1. The van der Waals surface area contributed by atoms with Gasteiger partial charge in [0.1, 0.15) is 11.4 Å². The van der Waals surface area contributed by atoms with E-state index in [9.17, 15) is 32.7 Å². The van der Waals surface area contributed by atoms with Gasteiger partial charge in [0, 0.05) is 56.0 Å². The predicted octanol–water partition coefficient (Wildman–Crippen LogP) is 9.10. The monoisotopic (exact) mass is 917 g/mol. The summed E-state index contributed by atoms with van der Waals surface area (Å²) in [5, 5.41) is 21.6. The van der Waals surface area contributed by atoms with Crippen LogP contribution in [0.25, 0.3) is 10.4 Å². The number of alkyl halides is 3. The zero-order chi connectivity index (χ0) is 47.3. The number of halogens is 3. The Hall–Kier alpha value is -5.96. The van der Waals surface area contributed by atoms with Crippen LogP contribution in [0.1, 0.15) is 126 Å². The van der Waals surface area contributed by atoms with Gasteiger partial charge in [-0.15, -0.1) is 21.5 Å². The number of nitrogens with two attached hydrogens (primary N) is 1. The Morgan fingerprint density at radius 3 is 2.09 bits per heavy atom. The third kappa shape index (κ3) is 12.6. The van der Waals surface area contributed by atoms with Gasteiger partial charge in [0.25, 0.3) is 5.82 Å². The molecule has 3 aliphatic rings. The number of fused-ring (bicyclic) bond motifs is 1. The summed E-state index contributed by atoms with van der Waals surface area (Å²) in [6.07, 6.45) is -2.22. The van der Waals surface area contributed by atoms with Gasteiger partial charge in [0.2, 0.25) is 5.91 Å². The van der Waals surface area contributed by atoms with Crippen LogP contribution in [0.4, 0.5) is 22.8 Å². The second kappa shape index (κ2) is 20.1. The van der Waals surface area contributed by atoms with E-state index >= 15 is 0 Å². The van der Waals surface area contributed by atoms with Crippen molar-refractivity contribution >= 4 is 35.3 Å². The summed E-state index contributed by atoms with van der Waals surface area (Å²) in [4.78, 5) is 47.1. The van der Waals surface area contributed by atoms with Crippen LogP contribution in [0, 0.1) is 24.7 Å². The molecular weight excluding hydrogens is 860 g/mol. The van der Waals surface area contributed by atoms with Crippen molar-refractivity contribution in [1.82, 2.24) is 34.6 Å². The first-order chi connectivity index (χ1) is 30.6. The molecule has 1 atom stereocenters. The number of ether oxygens (including phenoxy) is 1. The SMILES string of the molecule is CC(C)(C)OC(N)=O.Cc1ncsc1-c1ccc([C@H](CC(=O)N2CCC(C#Cc3ccc(C4CCN(C5=Nn6c(nnc6C(F)(F)F)CC5)CC4)cc3)CC2)N(C(=O)O)C(C)(C)C)cc1. The van der Waals surface area contributed by atoms with Gasteiger partial charge in [-0.25, -0.2) is 14.6 Å². The molecule has 2 aromatic carbocycles. The quantitative estimate of drug-likeness (QED) is 0.179. The molecule has 3 amide bonds. The molecular formula is C47H58F3N9O5S. The first-order valence-electron chi connectivity index (χ1n) is 21.8. The van der Waals surface area contributed by atoms with E-state index in [1.807, 2.05) is 74.5 Å². The largest absolute Gasteiger partial charge is 0.465 e. The standard InChI is InChI=1S/C42H47F3N8O3S.C5H11NO2/c1-27-38(57-26-46-27)33-13-11-32(12-14-33)34(52(40(55)56)41(2,3)4)25-37(54)51-21-17-29(18-22-51)6-5-28-7-9-30(10-8-28)31-19-23-50(24-20-31)36-16-15-35-47-48-39(42(43,44)45)53(35)49-36;1-5(2,3)8-4(6)7/h7-14,26,29,31,34H,15-25H2,1-4H3,(H,55,56);1-3H3,(H2,6,7)/t34-;/m0./s1. The number of piperidine rings is 2. The van der Waals surface area contributed by atoms with E-state index < -0.39 is 41.4 Å². The molecule has 5 heterocycles. The summed E-state index contributed by atoms with van der Waals surface area (Å²) >= 11 is 1.56. The second-order valence-corrected chi connectivity index (χ2v) is 19.4. The molecule has 0 saturated carbocycles. The number of amides is 3. The average Bonchev–Trinajstić information content (AvgIpc) is 3.88. The third-order valence-corrected chi connectivity index (χ3v) is 12.6. The lowest BCUT2D eigenvalue weighted by Crippen LogP contribution is -2.49. The normalized spacial score (nSPS) is 16.6. The summed E-state index contributed by atoms with van der Waals surface area (Å²) in [7, 11) is 0. The highest BCUT2D eigenvalue weighted by molar-refractivity contribution is 7.13. The Kier molecular flexibility index (Phi) is 15.0. The van der Waals surface area contributed by atoms with E-state index in [4.69, 9.17) is 5.73 Å². The topological polar surface area (TPSA) is 172 Å². The van der Waals surface area contributed by atoms with Crippen molar-refractivity contribution in [1.29, 1.82) is 0 Å². The van der Waals surface area contributed by atoms with Crippen LogP contribution in [0.15, 0.2) is 59.1 Å². The summed E-state index contributed by atoms with van der Waals surface area (Å²) in [5.41, 5.74) is 10.2. The predicted molar refractivity (Wildman–Crippen MR) is 242 cm³/mol. The van der Waals surface area contributed by atoms with Crippen LogP contribution in [0.3, 0.4) is 0 Å². The van der Waals surface area contributed by atoms with Gasteiger partial charge < -0.3 is 25.4 Å². The van der Waals surface area contributed by atoms with E-state index in [-0.39, 0.29) is 24.1 Å². The second-order valence-electron chi connectivity index (χ2n) is 18.5. The number of primary amides is 1. The molecule has 2 aromatic heterocycles. The summed E-state index contributed by atoms with van der Waals surface area (Å²) in [6.45, 7) is 15.3. The maximum Gasteiger partial charge on any atom is 0.453 e. The molecule has 4 aromatic rings. The van der Waals surface area contributed by atoms with Gasteiger partial charge in [-0.05, 0) is 109 Å². The number of likely N-dealkylation sites (tertiary alicyclic amines) is 2. The molecule has 2 fully saturated rings. The number of hydrogen-bond donors (Lipinski definition) is 2. The van der Waals surface area contributed by atoms with Crippen LogP contribution in [-0.4, -0.2) is 101 Å². The van der Waals surface area contributed by atoms with E-state index in [0.29, 0.717) is 50.8 Å². The maximum atomic E-state index is 13.8. The number of nitrogens with zero attached hydrogens (tertiary/aromatic N) is 8. The van der Waals surface area contributed by atoms with Gasteiger partial charge in [-0.2, -0.15) is 22.9 Å². The summed E-state index contributed by atoms with van der Waals surface area (Å²) in [5.74, 6) is 6.95. The van der Waals surface area contributed by atoms with Crippen molar-refractivity contribution in [2.24, 2.45) is 16.8 Å². The summed E-state index contributed by atoms with van der Waals surface area (Å²) < 4.78 is 45.6. The fourth-order valence-corrected chi connectivity index (χ4v) is 9.22. The Labute approximate surface area is 382 Å². The first-order valence-corrected chi connectivity index (χ1v) is 22.7. The Morgan fingerprint density at radius 2 is 1.57 bits per heavy atom. The number of thiazole rings is 1. The minimum Gasteiger partial charge on any atom is -0.465 e. The van der Waals surface area contributed by atoms with Crippen molar-refractivity contribution in [2.45, 2.75) is 123 Å². The Morgan fingerprint density at radius 1 is 0.923 bits per heavy atom. The van der Waals surface area contributed by atoms with Gasteiger partial charge in [-0.3, -0.25) is 9.69 Å². The van der Waals surface area contributed by atoms with Crippen LogP contribution < -0.4 is 5.73 Å². The molecule has 3 aliphatic heterocycles. The molecule has 18 heteroatoms. The highest BCUT2D eigenvalue weighted by Crippen LogP contribution is 2.36. The third-order valence-electron chi connectivity index (χ3n) is 11.6. The van der Waals surface area contributed by atoms with E-state index in [0.717, 1.165) is 57.6 Å². The minimum absolute atomic E-state index is 0.0475. The molecule has 0 radical (unpaired) electrons. The van der Waals surface area contributed by atoms with Crippen molar-refractivity contribution in [2.75, 3.05) is 26.2 Å². The van der Waals surface area contributed by atoms with Crippen molar-refractivity contribution in [3.8, 4) is 22.3 Å². The Bertz CT molecular complexity index is 2390. The molecule has 0 unspecified atom stereocenters. The number of rotatable bonds is 6. The van der Waals surface area contributed by atoms with Crippen LogP contribution >= 0.6 is 11.3 Å². The molecule has 0 bridgehead atoms. The lowest BCUT2D eigenvalue weighted by Gasteiger charge is -2.40. The van der Waals surface area contributed by atoms with Crippen LogP contribution in [-0.2, 0) is 22.1 Å². The lowest BCUT2D eigenvalue weighted by atomic mass is 9.88. The lowest BCUT2D eigenvalue weighted by molar-refractivity contribution is -0.147. The highest BCUT2D eigenvalue weighted by Gasteiger charge is 2.40. The van der Waals surface area contributed by atoms with E-state index in [1.165, 1.54) is 10.5 Å². The number of amidine groups is 1. The average molecular weight is 918 g/mol. The fourth-order valence-electron chi connectivity index (χ4n) is 8.41. The van der Waals surface area contributed by atoms with Gasteiger partial charge in [0.05, 0.1) is 28.5 Å². The smallest absolute Gasteiger partial charge is 0.453 e. The maximum absolute atomic E-state index is 13.8. The van der Waals surface area contributed by atoms with Gasteiger partial charge >= 0.3 is 18.4 Å². The van der Waals surface area contributed by atoms with Crippen LogP contribution in [0.2, 0.25) is 0 Å². The molecule has 7 rings (SSSR count). The zero-order valence-electron chi connectivity index (χ0n) is 38.0. The number of aromatic nitrogens is 4. The number of carbonyl (C=O) groups excluding carboxylic acids is 2. The first kappa shape index (κ1) is 48.5. The number of aryl methyl sites for hydroxylation is 2. The van der Waals surface area contributed by atoms with Gasteiger partial charge in [-0.1, -0.05) is 48.2 Å². The summed E-state index contributed by atoms with van der Waals surface area (Å²) in [6, 6.07) is 15.5. The molecule has 65 heavy (non-hydrogen) atoms. The number of carboxylic acid groups (broad SMARTS) is 1. The number of hydrogen-bond acceptors (Lipinski definition) is 10. The fraction of sp³-hybridized carbons (Fsp3) is 0.511. The molecule has 3 N–H and O–H groups in total. The Balaban J connectivity index is 0.000000800. The van der Waals surface area contributed by atoms with E-state index in [1.54, 1.807) is 32.1 Å². The van der Waals surface area contributed by atoms with Crippen molar-refractivity contribution < 1.29 is 37.4 Å². The zero-order valence-corrected chi connectivity index (χ0v) is 38.8. The molecule has 0 aliphatic carbocycles. The minimum atomic E-state index is -4.61.